The van der Waals surface area contributed by atoms with Crippen LogP contribution in [0.1, 0.15) is 11.1 Å². The van der Waals surface area contributed by atoms with E-state index in [-0.39, 0.29) is 27.7 Å². The van der Waals surface area contributed by atoms with Gasteiger partial charge in [0.2, 0.25) is 5.69 Å². The molecule has 0 aromatic heterocycles. The average Bonchev–Trinajstić information content (AvgIpc) is 2.41. The van der Waals surface area contributed by atoms with Gasteiger partial charge in [-0.1, -0.05) is 22.3 Å². The third-order valence-corrected chi connectivity index (χ3v) is 3.06. The number of nitrogens with zero attached hydrogens (tertiary/aromatic N) is 2. The Labute approximate surface area is 119 Å². The van der Waals surface area contributed by atoms with Crippen LogP contribution in [0.25, 0.3) is 0 Å². The zero-order valence-corrected chi connectivity index (χ0v) is 11.0. The number of rotatable bonds is 4. The summed E-state index contributed by atoms with van der Waals surface area (Å²) >= 11 is 4.40. The van der Waals surface area contributed by atoms with E-state index in [9.17, 15) is 20.4 Å². The van der Waals surface area contributed by atoms with Crippen molar-refractivity contribution in [3.8, 4) is 5.75 Å². The van der Waals surface area contributed by atoms with Crippen LogP contribution in [0.5, 0.6) is 5.75 Å². The monoisotopic (exact) mass is 290 g/mol. The minimum atomic E-state index is -0.572. The molecule has 102 valence electrons. The van der Waals surface area contributed by atoms with Gasteiger partial charge in [0.05, 0.1) is 11.0 Å². The van der Waals surface area contributed by atoms with Crippen molar-refractivity contribution < 1.29 is 14.1 Å². The van der Waals surface area contributed by atoms with E-state index in [1.165, 1.54) is 18.2 Å². The number of para-hydroxylation sites is 1. The lowest BCUT2D eigenvalue weighted by Gasteiger charge is -2.06. The molecule has 2 aromatic carbocycles. The van der Waals surface area contributed by atoms with Gasteiger partial charge in [-0.25, -0.2) is 0 Å². The molecule has 0 saturated carbocycles. The SMILES string of the molecule is O=[N+]([O-])c1cc([N+]([O-])=S)ccc1Cc1ccccc1O. The fourth-order valence-corrected chi connectivity index (χ4v) is 1.96. The molecule has 0 spiro atoms. The molecule has 0 aliphatic carbocycles. The second kappa shape index (κ2) is 5.62. The quantitative estimate of drug-likeness (QED) is 0.531. The molecule has 6 nitrogen and oxygen atoms in total. The van der Waals surface area contributed by atoms with E-state index >= 15 is 0 Å². The third-order valence-electron chi connectivity index (χ3n) is 2.85. The van der Waals surface area contributed by atoms with Crippen LogP contribution in [0.4, 0.5) is 11.4 Å². The van der Waals surface area contributed by atoms with Crippen LogP contribution in [0.2, 0.25) is 0 Å². The molecule has 20 heavy (non-hydrogen) atoms. The first kappa shape index (κ1) is 13.9. The van der Waals surface area contributed by atoms with Crippen LogP contribution in [0.15, 0.2) is 42.5 Å². The molecule has 0 saturated heterocycles. The van der Waals surface area contributed by atoms with Crippen molar-refractivity contribution in [2.75, 3.05) is 0 Å². The van der Waals surface area contributed by atoms with Crippen LogP contribution in [0.3, 0.4) is 0 Å². The van der Waals surface area contributed by atoms with Gasteiger partial charge in [-0.05, 0) is 17.7 Å². The van der Waals surface area contributed by atoms with Crippen molar-refractivity contribution in [1.82, 2.24) is 0 Å². The van der Waals surface area contributed by atoms with Crippen LogP contribution in [-0.2, 0) is 18.8 Å². The van der Waals surface area contributed by atoms with E-state index in [0.29, 0.717) is 11.1 Å². The fraction of sp³-hybridized carbons (Fsp3) is 0.0769. The van der Waals surface area contributed by atoms with E-state index in [0.717, 1.165) is 6.07 Å². The Morgan fingerprint density at radius 1 is 1.10 bits per heavy atom. The second-order valence-corrected chi connectivity index (χ2v) is 4.46. The molecule has 0 fully saturated rings. The van der Waals surface area contributed by atoms with Gasteiger partial charge in [0.25, 0.3) is 18.1 Å². The molecule has 0 unspecified atom stereocenters. The van der Waals surface area contributed by atoms with Crippen molar-refractivity contribution in [2.24, 2.45) is 0 Å². The molecule has 0 aliphatic rings. The van der Waals surface area contributed by atoms with Crippen LogP contribution >= 0.6 is 0 Å². The maximum atomic E-state index is 11.1. The Balaban J connectivity index is 2.44. The summed E-state index contributed by atoms with van der Waals surface area (Å²) in [6.07, 6.45) is 0.194. The summed E-state index contributed by atoms with van der Waals surface area (Å²) < 4.78 is 0.150. The normalized spacial score (nSPS) is 10.2. The first-order valence-electron chi connectivity index (χ1n) is 5.67. The van der Waals surface area contributed by atoms with E-state index in [2.05, 4.69) is 12.4 Å². The molecule has 7 heteroatoms. The van der Waals surface area contributed by atoms with Gasteiger partial charge in [0.15, 0.2) is 0 Å². The van der Waals surface area contributed by atoms with Gasteiger partial charge in [-0.2, -0.15) is 0 Å². The minimum Gasteiger partial charge on any atom is -0.605 e. The van der Waals surface area contributed by atoms with Crippen molar-refractivity contribution in [1.29, 1.82) is 0 Å². The molecular formula is C13H10N2O4S. The number of nitro benzene ring substituents is 1. The highest BCUT2D eigenvalue weighted by Crippen LogP contribution is 2.28. The Hall–Kier alpha value is -2.54. The largest absolute Gasteiger partial charge is 0.605 e. The summed E-state index contributed by atoms with van der Waals surface area (Å²) in [6.45, 7) is 0. The van der Waals surface area contributed by atoms with Gasteiger partial charge in [0, 0.05) is 18.1 Å². The first-order chi connectivity index (χ1) is 9.49. The Kier molecular flexibility index (Phi) is 3.90. The van der Waals surface area contributed by atoms with E-state index in [4.69, 9.17) is 0 Å². The molecule has 0 bridgehead atoms. The Morgan fingerprint density at radius 3 is 2.40 bits per heavy atom. The van der Waals surface area contributed by atoms with E-state index < -0.39 is 4.92 Å². The van der Waals surface area contributed by atoms with Gasteiger partial charge in [0.1, 0.15) is 5.75 Å². The third kappa shape index (κ3) is 2.89. The lowest BCUT2D eigenvalue weighted by molar-refractivity contribution is -0.386. The average molecular weight is 290 g/mol. The van der Waals surface area contributed by atoms with Crippen molar-refractivity contribution >= 4 is 23.8 Å². The molecule has 2 rings (SSSR count). The van der Waals surface area contributed by atoms with Gasteiger partial charge >= 0.3 is 0 Å². The standard InChI is InChI=1S/C13H10N2O4S/c16-13-4-2-1-3-10(13)7-9-5-6-11(15(19)20)8-12(9)14(17)18/h1-6,8,16H,7H2. The number of nitro groups is 1. The van der Waals surface area contributed by atoms with E-state index in [1.54, 1.807) is 18.2 Å². The predicted molar refractivity (Wildman–Crippen MR) is 74.7 cm³/mol. The molecule has 0 radical (unpaired) electrons. The molecule has 0 amide bonds. The topological polar surface area (TPSA) is 89.4 Å². The maximum absolute atomic E-state index is 11.1. The lowest BCUT2D eigenvalue weighted by Crippen LogP contribution is -1.99. The van der Waals surface area contributed by atoms with Crippen molar-refractivity contribution in [3.63, 3.8) is 0 Å². The summed E-state index contributed by atoms with van der Waals surface area (Å²) in [5, 5.41) is 31.8. The summed E-state index contributed by atoms with van der Waals surface area (Å²) in [5.41, 5.74) is 0.807. The fourth-order valence-electron chi connectivity index (χ4n) is 1.85. The van der Waals surface area contributed by atoms with Gasteiger partial charge < -0.3 is 10.3 Å². The Morgan fingerprint density at radius 2 is 1.80 bits per heavy atom. The molecule has 0 aliphatic heterocycles. The first-order valence-corrected chi connectivity index (χ1v) is 6.04. The molecular weight excluding hydrogens is 280 g/mol. The van der Waals surface area contributed by atoms with E-state index in [1.807, 2.05) is 0 Å². The predicted octanol–water partition coefficient (Wildman–Crippen LogP) is 2.76. The smallest absolute Gasteiger partial charge is 0.284 e. The minimum absolute atomic E-state index is 0.0349. The second-order valence-electron chi connectivity index (χ2n) is 4.13. The summed E-state index contributed by atoms with van der Waals surface area (Å²) in [5.74, 6) is 0.0691. The zero-order valence-electron chi connectivity index (χ0n) is 10.2. The van der Waals surface area contributed by atoms with Gasteiger partial charge in [-0.3, -0.25) is 10.1 Å². The number of aromatic hydroxyl groups is 1. The molecule has 0 heterocycles. The molecule has 2 aromatic rings. The number of benzene rings is 2. The zero-order chi connectivity index (χ0) is 14.7. The number of hydrogen-bond acceptors (Lipinski definition) is 5. The summed E-state index contributed by atoms with van der Waals surface area (Å²) in [7, 11) is 0. The summed E-state index contributed by atoms with van der Waals surface area (Å²) in [4.78, 5) is 10.5. The summed E-state index contributed by atoms with van der Waals surface area (Å²) in [6, 6.07) is 10.6. The lowest BCUT2D eigenvalue weighted by atomic mass is 10.0. The highest BCUT2D eigenvalue weighted by Gasteiger charge is 2.18. The van der Waals surface area contributed by atoms with Crippen molar-refractivity contribution in [2.45, 2.75) is 6.42 Å². The maximum Gasteiger partial charge on any atom is 0.284 e. The highest BCUT2D eigenvalue weighted by atomic mass is 32.1. The van der Waals surface area contributed by atoms with Crippen LogP contribution in [-0.4, -0.2) is 14.1 Å². The number of phenols is 1. The number of phenolic OH excluding ortho intramolecular Hbond substituents is 1. The molecule has 1 N–H and O–H groups in total. The van der Waals surface area contributed by atoms with Crippen molar-refractivity contribution in [3.05, 3.63) is 68.9 Å². The van der Waals surface area contributed by atoms with Crippen LogP contribution in [0, 0.1) is 15.3 Å². The Bertz CT molecular complexity index is 688. The molecule has 0 atom stereocenters. The van der Waals surface area contributed by atoms with Crippen LogP contribution < -0.4 is 0 Å². The van der Waals surface area contributed by atoms with Gasteiger partial charge in [-0.15, -0.1) is 0 Å². The highest BCUT2D eigenvalue weighted by molar-refractivity contribution is 7.44. The number of hydrogen-bond donors (Lipinski definition) is 1.